The summed E-state index contributed by atoms with van der Waals surface area (Å²) in [7, 11) is 0. The van der Waals surface area contributed by atoms with E-state index in [1.165, 1.54) is 23.9 Å². The van der Waals surface area contributed by atoms with Crippen molar-refractivity contribution in [1.82, 2.24) is 19.8 Å². The van der Waals surface area contributed by atoms with Crippen LogP contribution in [0.3, 0.4) is 0 Å². The zero-order valence-corrected chi connectivity index (χ0v) is 25.0. The van der Waals surface area contributed by atoms with E-state index in [0.29, 0.717) is 58.7 Å². The van der Waals surface area contributed by atoms with Crippen LogP contribution in [0.1, 0.15) is 37.8 Å². The van der Waals surface area contributed by atoms with Gasteiger partial charge in [-0.05, 0) is 48.9 Å². The molecule has 0 saturated carbocycles. The number of anilines is 1. The molecule has 1 aliphatic rings. The second-order valence-corrected chi connectivity index (χ2v) is 11.0. The van der Waals surface area contributed by atoms with Crippen LogP contribution in [0.15, 0.2) is 65.3 Å². The summed E-state index contributed by atoms with van der Waals surface area (Å²) in [5.74, 6) is -0.101. The van der Waals surface area contributed by atoms with Crippen LogP contribution in [0.4, 0.5) is 15.9 Å². The van der Waals surface area contributed by atoms with Crippen molar-refractivity contribution in [3.05, 3.63) is 77.2 Å². The van der Waals surface area contributed by atoms with Gasteiger partial charge in [0.25, 0.3) is 0 Å². The highest BCUT2D eigenvalue weighted by atomic mass is 35.5. The molecule has 0 aliphatic carbocycles. The van der Waals surface area contributed by atoms with E-state index in [0.717, 1.165) is 5.56 Å². The fourth-order valence-corrected chi connectivity index (χ4v) is 5.58. The molecule has 1 atom stereocenters. The van der Waals surface area contributed by atoms with Gasteiger partial charge in [0.15, 0.2) is 0 Å². The SMILES string of the molecule is C=CC(=O)N1CCN(C(=Nc2c(C(C)C)ccnc2SC)c2cc(F)c(-c3ccccc3Cl)nc2NC=O)C(C)C1. The molecule has 2 aromatic heterocycles. The van der Waals surface area contributed by atoms with Gasteiger partial charge >= 0.3 is 0 Å². The van der Waals surface area contributed by atoms with Crippen molar-refractivity contribution in [1.29, 1.82) is 0 Å². The summed E-state index contributed by atoms with van der Waals surface area (Å²) in [6.45, 7) is 11.0. The average Bonchev–Trinajstić information content (AvgIpc) is 2.96. The highest BCUT2D eigenvalue weighted by molar-refractivity contribution is 7.98. The third-order valence-corrected chi connectivity index (χ3v) is 7.90. The minimum atomic E-state index is -0.620. The molecule has 1 N–H and O–H groups in total. The first-order chi connectivity index (χ1) is 19.7. The Bertz CT molecular complexity index is 1500. The number of rotatable bonds is 8. The Morgan fingerprint density at radius 1 is 1.29 bits per heavy atom. The topological polar surface area (TPSA) is 90.8 Å². The number of nitrogens with zero attached hydrogens (tertiary/aromatic N) is 5. The van der Waals surface area contributed by atoms with E-state index < -0.39 is 5.82 Å². The number of amides is 2. The van der Waals surface area contributed by atoms with Crippen molar-refractivity contribution in [3.8, 4) is 11.3 Å². The molecule has 3 heterocycles. The molecule has 3 aromatic rings. The van der Waals surface area contributed by atoms with E-state index in [-0.39, 0.29) is 29.4 Å². The maximum atomic E-state index is 15.9. The number of aromatic nitrogens is 2. The molecule has 11 heteroatoms. The third kappa shape index (κ3) is 6.44. The molecule has 0 bridgehead atoms. The Hall–Kier alpha value is -3.76. The predicted octanol–water partition coefficient (Wildman–Crippen LogP) is 6.15. The van der Waals surface area contributed by atoms with Gasteiger partial charge in [-0.1, -0.05) is 50.2 Å². The van der Waals surface area contributed by atoms with E-state index in [2.05, 4.69) is 35.7 Å². The maximum absolute atomic E-state index is 15.9. The number of pyridine rings is 2. The molecule has 1 aromatic carbocycles. The normalized spacial score (nSPS) is 15.7. The molecule has 1 aliphatic heterocycles. The minimum Gasteiger partial charge on any atom is -0.350 e. The van der Waals surface area contributed by atoms with Gasteiger partial charge in [-0.25, -0.2) is 19.4 Å². The number of halogens is 2. The minimum absolute atomic E-state index is 0.00606. The van der Waals surface area contributed by atoms with Gasteiger partial charge in [-0.15, -0.1) is 11.8 Å². The lowest BCUT2D eigenvalue weighted by atomic mass is 10.0. The van der Waals surface area contributed by atoms with Gasteiger partial charge in [0.1, 0.15) is 33.9 Å². The summed E-state index contributed by atoms with van der Waals surface area (Å²) in [6, 6.07) is 9.86. The summed E-state index contributed by atoms with van der Waals surface area (Å²) in [5, 5.41) is 3.69. The monoisotopic (exact) mass is 594 g/mol. The molecular weight excluding hydrogens is 563 g/mol. The number of piperazine rings is 1. The van der Waals surface area contributed by atoms with E-state index >= 15 is 4.39 Å². The van der Waals surface area contributed by atoms with Gasteiger partial charge in [-0.2, -0.15) is 0 Å². The number of nitrogens with one attached hydrogen (secondary N) is 1. The standard InChI is InChI=1S/C30H32ClFN6O2S/c1-6-25(40)37-13-14-38(19(4)16-37)29(36-27-20(18(2)3)11-12-33-30(27)41-5)22-15-24(32)26(35-28(22)34-17-39)21-9-7-8-10-23(21)31/h6-12,15,17-19H,1,13-14,16H2,2-5H3,(H,34,35,39). The quantitative estimate of drug-likeness (QED) is 0.111. The Labute approximate surface area is 248 Å². The van der Waals surface area contributed by atoms with Gasteiger partial charge in [0, 0.05) is 37.4 Å². The number of thioether (sulfide) groups is 1. The van der Waals surface area contributed by atoms with Crippen molar-refractivity contribution >= 4 is 53.0 Å². The number of carbonyl (C=O) groups excluding carboxylic acids is 2. The van der Waals surface area contributed by atoms with Crippen molar-refractivity contribution in [2.24, 2.45) is 4.99 Å². The first-order valence-corrected chi connectivity index (χ1v) is 14.8. The van der Waals surface area contributed by atoms with Crippen molar-refractivity contribution in [2.45, 2.75) is 37.8 Å². The first-order valence-electron chi connectivity index (χ1n) is 13.2. The van der Waals surface area contributed by atoms with Crippen LogP contribution in [-0.4, -0.2) is 69.9 Å². The van der Waals surface area contributed by atoms with Crippen LogP contribution in [0.25, 0.3) is 11.3 Å². The Morgan fingerprint density at radius 2 is 2.05 bits per heavy atom. The first kappa shape index (κ1) is 30.2. The number of aliphatic imine (C=N–C) groups is 1. The Kier molecular flexibility index (Phi) is 9.77. The molecule has 4 rings (SSSR count). The lowest BCUT2D eigenvalue weighted by Gasteiger charge is -2.41. The van der Waals surface area contributed by atoms with Crippen molar-refractivity contribution in [2.75, 3.05) is 31.2 Å². The van der Waals surface area contributed by atoms with Crippen LogP contribution in [0.5, 0.6) is 0 Å². The van der Waals surface area contributed by atoms with Gasteiger partial charge < -0.3 is 15.1 Å². The number of carbonyl (C=O) groups is 2. The van der Waals surface area contributed by atoms with Crippen LogP contribution >= 0.6 is 23.4 Å². The molecular formula is C30H32ClFN6O2S. The average molecular weight is 595 g/mol. The van der Waals surface area contributed by atoms with Crippen LogP contribution in [0.2, 0.25) is 5.02 Å². The van der Waals surface area contributed by atoms with Crippen LogP contribution in [0, 0.1) is 5.82 Å². The smallest absolute Gasteiger partial charge is 0.246 e. The Morgan fingerprint density at radius 3 is 2.68 bits per heavy atom. The van der Waals surface area contributed by atoms with Gasteiger partial charge in [0.05, 0.1) is 10.6 Å². The van der Waals surface area contributed by atoms with Crippen LogP contribution in [-0.2, 0) is 9.59 Å². The van der Waals surface area contributed by atoms with Crippen molar-refractivity contribution in [3.63, 3.8) is 0 Å². The molecule has 8 nitrogen and oxygen atoms in total. The number of hydrogen-bond donors (Lipinski definition) is 1. The molecule has 214 valence electrons. The summed E-state index contributed by atoms with van der Waals surface area (Å²) >= 11 is 7.83. The number of benzene rings is 1. The molecule has 1 saturated heterocycles. The molecule has 2 amide bonds. The van der Waals surface area contributed by atoms with E-state index in [1.54, 1.807) is 35.4 Å². The van der Waals surface area contributed by atoms with Gasteiger partial charge in [0.2, 0.25) is 12.3 Å². The lowest BCUT2D eigenvalue weighted by Crippen LogP contribution is -2.55. The highest BCUT2D eigenvalue weighted by Crippen LogP contribution is 2.37. The maximum Gasteiger partial charge on any atom is 0.246 e. The van der Waals surface area contributed by atoms with E-state index in [1.807, 2.05) is 24.1 Å². The second-order valence-electron chi connectivity index (χ2n) is 9.84. The Balaban J connectivity index is 1.97. The van der Waals surface area contributed by atoms with E-state index in [9.17, 15) is 9.59 Å². The number of hydrogen-bond acceptors (Lipinski definition) is 6. The molecule has 0 spiro atoms. The van der Waals surface area contributed by atoms with E-state index in [4.69, 9.17) is 16.6 Å². The highest BCUT2D eigenvalue weighted by Gasteiger charge is 2.31. The summed E-state index contributed by atoms with van der Waals surface area (Å²) in [5.41, 5.74) is 2.34. The zero-order chi connectivity index (χ0) is 29.7. The molecule has 0 radical (unpaired) electrons. The zero-order valence-electron chi connectivity index (χ0n) is 23.4. The van der Waals surface area contributed by atoms with Crippen molar-refractivity contribution < 1.29 is 14.0 Å². The summed E-state index contributed by atoms with van der Waals surface area (Å²) in [4.78, 5) is 42.0. The number of amidine groups is 1. The molecule has 1 fully saturated rings. The predicted molar refractivity (Wildman–Crippen MR) is 164 cm³/mol. The third-order valence-electron chi connectivity index (χ3n) is 6.88. The summed E-state index contributed by atoms with van der Waals surface area (Å²) < 4.78 is 15.9. The second kappa shape index (κ2) is 13.3. The molecule has 41 heavy (non-hydrogen) atoms. The fourth-order valence-electron chi connectivity index (χ4n) is 4.83. The lowest BCUT2D eigenvalue weighted by molar-refractivity contribution is -0.128. The van der Waals surface area contributed by atoms with Gasteiger partial charge in [-0.3, -0.25) is 9.59 Å². The molecule has 1 unspecified atom stereocenters. The fraction of sp³-hybridized carbons (Fsp3) is 0.300. The largest absolute Gasteiger partial charge is 0.350 e. The summed E-state index contributed by atoms with van der Waals surface area (Å²) in [6.07, 6.45) is 5.47. The van der Waals surface area contributed by atoms with Crippen LogP contribution < -0.4 is 5.32 Å².